The minimum Gasteiger partial charge on any atom is -0.497 e. The molecule has 1 N–H and O–H groups in total. The Balaban J connectivity index is 2.05. The van der Waals surface area contributed by atoms with Crippen LogP contribution in [-0.4, -0.2) is 23.4 Å². The molecular formula is C14H17N3O. The lowest BCUT2D eigenvalue weighted by atomic mass is 10.2. The first-order chi connectivity index (χ1) is 8.83. The summed E-state index contributed by atoms with van der Waals surface area (Å²) in [6, 6.07) is 7.99. The molecule has 0 aliphatic carbocycles. The van der Waals surface area contributed by atoms with Crippen LogP contribution in [0.2, 0.25) is 0 Å². The van der Waals surface area contributed by atoms with Gasteiger partial charge in [-0.2, -0.15) is 5.10 Å². The van der Waals surface area contributed by atoms with Gasteiger partial charge in [0, 0.05) is 12.1 Å². The van der Waals surface area contributed by atoms with Gasteiger partial charge in [-0.05, 0) is 37.1 Å². The minimum atomic E-state index is 0.867. The molecule has 2 heterocycles. The summed E-state index contributed by atoms with van der Waals surface area (Å²) < 4.78 is 7.18. The van der Waals surface area contributed by atoms with Crippen LogP contribution >= 0.6 is 0 Å². The fourth-order valence-corrected chi connectivity index (χ4v) is 2.44. The van der Waals surface area contributed by atoms with Gasteiger partial charge in [0.05, 0.1) is 18.5 Å². The van der Waals surface area contributed by atoms with Crippen LogP contribution < -0.4 is 10.1 Å². The van der Waals surface area contributed by atoms with Crippen molar-refractivity contribution in [1.82, 2.24) is 9.78 Å². The summed E-state index contributed by atoms with van der Waals surface area (Å²) >= 11 is 0. The van der Waals surface area contributed by atoms with E-state index < -0.39 is 0 Å². The Hall–Kier alpha value is -1.97. The molecular weight excluding hydrogens is 226 g/mol. The van der Waals surface area contributed by atoms with E-state index in [1.807, 2.05) is 28.9 Å². The van der Waals surface area contributed by atoms with E-state index in [1.54, 1.807) is 7.11 Å². The number of rotatable bonds is 3. The highest BCUT2D eigenvalue weighted by atomic mass is 16.5. The van der Waals surface area contributed by atoms with Gasteiger partial charge in [-0.1, -0.05) is 6.92 Å². The summed E-state index contributed by atoms with van der Waals surface area (Å²) in [5, 5.41) is 8.11. The van der Waals surface area contributed by atoms with Crippen molar-refractivity contribution in [3.05, 3.63) is 35.5 Å². The van der Waals surface area contributed by atoms with Crippen LogP contribution in [0.3, 0.4) is 0 Å². The van der Waals surface area contributed by atoms with Gasteiger partial charge in [-0.3, -0.25) is 0 Å². The van der Waals surface area contributed by atoms with Gasteiger partial charge in [0.1, 0.15) is 11.6 Å². The van der Waals surface area contributed by atoms with Gasteiger partial charge < -0.3 is 10.1 Å². The standard InChI is InChI=1S/C14H17N3O/c1-3-13-12-8-9-15-14(12)17(16-13)10-4-6-11(18-2)7-5-10/h4-7,15H,3,8-9H2,1-2H3. The highest BCUT2D eigenvalue weighted by Gasteiger charge is 2.21. The first kappa shape index (κ1) is 11.1. The van der Waals surface area contributed by atoms with Crippen molar-refractivity contribution < 1.29 is 4.74 Å². The molecule has 1 aliphatic heterocycles. The number of aryl methyl sites for hydroxylation is 1. The Labute approximate surface area is 107 Å². The first-order valence-electron chi connectivity index (χ1n) is 6.32. The van der Waals surface area contributed by atoms with E-state index in [0.717, 1.165) is 36.6 Å². The molecule has 1 aliphatic rings. The van der Waals surface area contributed by atoms with Crippen LogP contribution in [0.1, 0.15) is 18.2 Å². The monoisotopic (exact) mass is 243 g/mol. The second-order valence-corrected chi connectivity index (χ2v) is 4.41. The molecule has 0 fully saturated rings. The maximum atomic E-state index is 5.18. The minimum absolute atomic E-state index is 0.867. The fraction of sp³-hybridized carbons (Fsp3) is 0.357. The molecule has 0 saturated heterocycles. The number of aromatic nitrogens is 2. The second kappa shape index (κ2) is 4.37. The SMILES string of the molecule is CCc1nn(-c2ccc(OC)cc2)c2c1CCN2. The Morgan fingerprint density at radius 2 is 2.11 bits per heavy atom. The molecule has 0 bridgehead atoms. The van der Waals surface area contributed by atoms with Gasteiger partial charge in [-0.25, -0.2) is 4.68 Å². The lowest BCUT2D eigenvalue weighted by Gasteiger charge is -2.07. The van der Waals surface area contributed by atoms with E-state index in [0.29, 0.717) is 0 Å². The molecule has 0 radical (unpaired) electrons. The highest BCUT2D eigenvalue weighted by Crippen LogP contribution is 2.29. The quantitative estimate of drug-likeness (QED) is 0.899. The van der Waals surface area contributed by atoms with E-state index in [-0.39, 0.29) is 0 Å². The van der Waals surface area contributed by atoms with Crippen molar-refractivity contribution in [1.29, 1.82) is 0 Å². The van der Waals surface area contributed by atoms with E-state index in [9.17, 15) is 0 Å². The topological polar surface area (TPSA) is 39.1 Å². The molecule has 4 heteroatoms. The van der Waals surface area contributed by atoms with Crippen LogP contribution in [0, 0.1) is 0 Å². The zero-order valence-corrected chi connectivity index (χ0v) is 10.7. The summed E-state index contributed by atoms with van der Waals surface area (Å²) in [5.74, 6) is 2.02. The van der Waals surface area contributed by atoms with Crippen molar-refractivity contribution in [2.75, 3.05) is 19.0 Å². The number of nitrogens with one attached hydrogen (secondary N) is 1. The third-order valence-corrected chi connectivity index (χ3v) is 3.39. The number of anilines is 1. The fourth-order valence-electron chi connectivity index (χ4n) is 2.44. The van der Waals surface area contributed by atoms with Crippen molar-refractivity contribution in [3.63, 3.8) is 0 Å². The summed E-state index contributed by atoms with van der Waals surface area (Å²) in [7, 11) is 1.68. The summed E-state index contributed by atoms with van der Waals surface area (Å²) in [6.07, 6.45) is 2.06. The Bertz CT molecular complexity index is 557. The van der Waals surface area contributed by atoms with Crippen molar-refractivity contribution in [3.8, 4) is 11.4 Å². The van der Waals surface area contributed by atoms with E-state index in [4.69, 9.17) is 4.74 Å². The molecule has 0 spiro atoms. The summed E-state index contributed by atoms with van der Waals surface area (Å²) in [6.45, 7) is 3.16. The number of benzene rings is 1. The highest BCUT2D eigenvalue weighted by molar-refractivity contribution is 5.57. The zero-order chi connectivity index (χ0) is 12.5. The average molecular weight is 243 g/mol. The van der Waals surface area contributed by atoms with Crippen LogP contribution in [-0.2, 0) is 12.8 Å². The number of fused-ring (bicyclic) bond motifs is 1. The van der Waals surface area contributed by atoms with Crippen LogP contribution in [0.15, 0.2) is 24.3 Å². The Morgan fingerprint density at radius 1 is 1.33 bits per heavy atom. The smallest absolute Gasteiger partial charge is 0.133 e. The van der Waals surface area contributed by atoms with Crippen LogP contribution in [0.25, 0.3) is 5.69 Å². The lowest BCUT2D eigenvalue weighted by molar-refractivity contribution is 0.414. The molecule has 3 rings (SSSR count). The molecule has 1 aromatic carbocycles. The number of ether oxygens (including phenoxy) is 1. The maximum Gasteiger partial charge on any atom is 0.133 e. The van der Waals surface area contributed by atoms with Crippen molar-refractivity contribution in [2.24, 2.45) is 0 Å². The molecule has 0 saturated carbocycles. The van der Waals surface area contributed by atoms with Crippen LogP contribution in [0.5, 0.6) is 5.75 Å². The average Bonchev–Trinajstić information content (AvgIpc) is 3.00. The molecule has 0 atom stereocenters. The third-order valence-electron chi connectivity index (χ3n) is 3.39. The zero-order valence-electron chi connectivity index (χ0n) is 10.7. The van der Waals surface area contributed by atoms with Gasteiger partial charge in [-0.15, -0.1) is 0 Å². The predicted molar refractivity (Wildman–Crippen MR) is 71.7 cm³/mol. The molecule has 4 nitrogen and oxygen atoms in total. The predicted octanol–water partition coefficient (Wildman–Crippen LogP) is 2.41. The van der Waals surface area contributed by atoms with Gasteiger partial charge >= 0.3 is 0 Å². The molecule has 2 aromatic rings. The van der Waals surface area contributed by atoms with Gasteiger partial charge in [0.15, 0.2) is 0 Å². The summed E-state index contributed by atoms with van der Waals surface area (Å²) in [5.41, 5.74) is 3.64. The number of nitrogens with zero attached hydrogens (tertiary/aromatic N) is 2. The summed E-state index contributed by atoms with van der Waals surface area (Å²) in [4.78, 5) is 0. The molecule has 0 amide bonds. The molecule has 18 heavy (non-hydrogen) atoms. The number of hydrogen-bond donors (Lipinski definition) is 1. The van der Waals surface area contributed by atoms with E-state index >= 15 is 0 Å². The van der Waals surface area contributed by atoms with Crippen LogP contribution in [0.4, 0.5) is 5.82 Å². The van der Waals surface area contributed by atoms with Gasteiger partial charge in [0.25, 0.3) is 0 Å². The third kappa shape index (κ3) is 1.65. The van der Waals surface area contributed by atoms with Gasteiger partial charge in [0.2, 0.25) is 0 Å². The van der Waals surface area contributed by atoms with Crippen molar-refractivity contribution in [2.45, 2.75) is 19.8 Å². The lowest BCUT2D eigenvalue weighted by Crippen LogP contribution is -2.04. The molecule has 94 valence electrons. The Kier molecular flexibility index (Phi) is 2.70. The number of hydrogen-bond acceptors (Lipinski definition) is 3. The van der Waals surface area contributed by atoms with Crippen molar-refractivity contribution >= 4 is 5.82 Å². The van der Waals surface area contributed by atoms with E-state index in [1.165, 1.54) is 11.3 Å². The normalized spacial score (nSPS) is 13.2. The first-order valence-corrected chi connectivity index (χ1v) is 6.32. The maximum absolute atomic E-state index is 5.18. The number of methoxy groups -OCH3 is 1. The molecule has 1 aromatic heterocycles. The largest absolute Gasteiger partial charge is 0.497 e. The Morgan fingerprint density at radius 3 is 2.78 bits per heavy atom. The second-order valence-electron chi connectivity index (χ2n) is 4.41. The molecule has 0 unspecified atom stereocenters. The van der Waals surface area contributed by atoms with E-state index in [2.05, 4.69) is 17.3 Å².